The molecular weight excluding hydrogens is 224 g/mol. The zero-order valence-corrected chi connectivity index (χ0v) is 11.1. The number of nitrogens with zero attached hydrogens (tertiary/aromatic N) is 3. The van der Waals surface area contributed by atoms with Gasteiger partial charge in [0.05, 0.1) is 16.7 Å². The quantitative estimate of drug-likeness (QED) is 0.875. The number of fused-ring (bicyclic) bond motifs is 1. The third-order valence-corrected chi connectivity index (χ3v) is 2.91. The Kier molecular flexibility index (Phi) is 4.10. The van der Waals surface area contributed by atoms with Crippen LogP contribution in [0, 0.1) is 6.92 Å². The van der Waals surface area contributed by atoms with E-state index in [9.17, 15) is 0 Å². The molecule has 0 radical (unpaired) electrons. The summed E-state index contributed by atoms with van der Waals surface area (Å²) in [6.07, 6.45) is 1.08. The molecule has 1 aromatic carbocycles. The Labute approximate surface area is 108 Å². The lowest BCUT2D eigenvalue weighted by molar-refractivity contribution is 0.747. The molecule has 0 unspecified atom stereocenters. The topological polar surface area (TPSA) is 55.0 Å². The van der Waals surface area contributed by atoms with Crippen LogP contribution in [0.15, 0.2) is 24.3 Å². The van der Waals surface area contributed by atoms with Crippen molar-refractivity contribution in [1.29, 1.82) is 0 Å². The molecule has 18 heavy (non-hydrogen) atoms. The lowest BCUT2D eigenvalue weighted by Crippen LogP contribution is -2.31. The highest BCUT2D eigenvalue weighted by molar-refractivity contribution is 5.76. The van der Waals surface area contributed by atoms with Gasteiger partial charge in [0.15, 0.2) is 5.82 Å². The van der Waals surface area contributed by atoms with Gasteiger partial charge in [-0.15, -0.1) is 0 Å². The Morgan fingerprint density at radius 2 is 1.78 bits per heavy atom. The molecule has 96 valence electrons. The Balaban J connectivity index is 2.44. The van der Waals surface area contributed by atoms with Crippen LogP contribution in [-0.4, -0.2) is 29.6 Å². The number of para-hydroxylation sites is 2. The molecule has 0 fully saturated rings. The van der Waals surface area contributed by atoms with Gasteiger partial charge in [0.2, 0.25) is 0 Å². The van der Waals surface area contributed by atoms with Gasteiger partial charge < -0.3 is 10.6 Å². The Bertz CT molecular complexity index is 518. The summed E-state index contributed by atoms with van der Waals surface area (Å²) in [4.78, 5) is 11.6. The van der Waals surface area contributed by atoms with Crippen molar-refractivity contribution in [3.8, 4) is 0 Å². The van der Waals surface area contributed by atoms with Crippen LogP contribution in [0.25, 0.3) is 11.0 Å². The number of aromatic nitrogens is 2. The summed E-state index contributed by atoms with van der Waals surface area (Å²) in [5, 5.41) is 0. The van der Waals surface area contributed by atoms with Crippen molar-refractivity contribution in [2.24, 2.45) is 5.73 Å². The van der Waals surface area contributed by atoms with Gasteiger partial charge in [0.25, 0.3) is 0 Å². The van der Waals surface area contributed by atoms with Crippen LogP contribution >= 0.6 is 0 Å². The van der Waals surface area contributed by atoms with Gasteiger partial charge in [-0.05, 0) is 25.5 Å². The molecule has 0 atom stereocenters. The molecule has 0 saturated carbocycles. The molecule has 0 amide bonds. The average Bonchev–Trinajstić information content (AvgIpc) is 2.38. The van der Waals surface area contributed by atoms with Crippen LogP contribution in [0.3, 0.4) is 0 Å². The van der Waals surface area contributed by atoms with Crippen molar-refractivity contribution in [3.63, 3.8) is 0 Å². The van der Waals surface area contributed by atoms with Crippen molar-refractivity contribution in [2.45, 2.75) is 20.3 Å². The highest BCUT2D eigenvalue weighted by atomic mass is 15.2. The molecule has 1 heterocycles. The van der Waals surface area contributed by atoms with Gasteiger partial charge in [0.1, 0.15) is 0 Å². The maximum absolute atomic E-state index is 5.67. The fraction of sp³-hybridized carbons (Fsp3) is 0.429. The number of anilines is 1. The maximum Gasteiger partial charge on any atom is 0.150 e. The molecule has 0 aliphatic carbocycles. The monoisotopic (exact) mass is 244 g/mol. The van der Waals surface area contributed by atoms with Crippen LogP contribution < -0.4 is 10.6 Å². The molecule has 2 N–H and O–H groups in total. The summed E-state index contributed by atoms with van der Waals surface area (Å²) in [5.41, 5.74) is 8.53. The van der Waals surface area contributed by atoms with Crippen LogP contribution in [0.2, 0.25) is 0 Å². The van der Waals surface area contributed by atoms with Crippen molar-refractivity contribution in [3.05, 3.63) is 30.0 Å². The van der Waals surface area contributed by atoms with Crippen LogP contribution in [0.5, 0.6) is 0 Å². The molecule has 0 aliphatic heterocycles. The predicted octanol–water partition coefficient (Wildman–Crippen LogP) is 2.11. The molecule has 4 heteroatoms. The zero-order valence-electron chi connectivity index (χ0n) is 11.1. The maximum atomic E-state index is 5.67. The van der Waals surface area contributed by atoms with Crippen LogP contribution in [0.1, 0.15) is 19.0 Å². The van der Waals surface area contributed by atoms with Gasteiger partial charge in [-0.2, -0.15) is 0 Å². The van der Waals surface area contributed by atoms with E-state index in [4.69, 9.17) is 10.7 Å². The van der Waals surface area contributed by atoms with Gasteiger partial charge in [-0.1, -0.05) is 19.1 Å². The highest BCUT2D eigenvalue weighted by Gasteiger charge is 2.11. The smallest absolute Gasteiger partial charge is 0.150 e. The fourth-order valence-corrected chi connectivity index (χ4v) is 2.13. The second-order valence-corrected chi connectivity index (χ2v) is 4.40. The van der Waals surface area contributed by atoms with Crippen molar-refractivity contribution < 1.29 is 0 Å². The first-order chi connectivity index (χ1) is 8.76. The minimum absolute atomic E-state index is 0.633. The molecule has 0 spiro atoms. The normalized spacial score (nSPS) is 10.8. The number of hydrogen-bond acceptors (Lipinski definition) is 4. The molecule has 2 rings (SSSR count). The van der Waals surface area contributed by atoms with Crippen molar-refractivity contribution in [2.75, 3.05) is 24.5 Å². The van der Waals surface area contributed by atoms with Gasteiger partial charge in [0, 0.05) is 19.6 Å². The largest absolute Gasteiger partial charge is 0.354 e. The number of aryl methyl sites for hydroxylation is 1. The number of hydrogen-bond donors (Lipinski definition) is 1. The first-order valence-electron chi connectivity index (χ1n) is 6.44. The van der Waals surface area contributed by atoms with Crippen LogP contribution in [-0.2, 0) is 0 Å². The molecule has 4 nitrogen and oxygen atoms in total. The van der Waals surface area contributed by atoms with E-state index in [0.29, 0.717) is 6.54 Å². The predicted molar refractivity (Wildman–Crippen MR) is 75.8 cm³/mol. The zero-order chi connectivity index (χ0) is 13.0. The van der Waals surface area contributed by atoms with Gasteiger partial charge in [-0.25, -0.2) is 9.97 Å². The van der Waals surface area contributed by atoms with E-state index in [2.05, 4.69) is 16.8 Å². The summed E-state index contributed by atoms with van der Waals surface area (Å²) in [6, 6.07) is 7.97. The molecule has 2 aromatic rings. The molecular formula is C14H20N4. The van der Waals surface area contributed by atoms with E-state index >= 15 is 0 Å². The molecule has 1 aromatic heterocycles. The van der Waals surface area contributed by atoms with E-state index in [-0.39, 0.29) is 0 Å². The van der Waals surface area contributed by atoms with Crippen molar-refractivity contribution >= 4 is 16.9 Å². The lowest BCUT2D eigenvalue weighted by atomic mass is 10.2. The minimum atomic E-state index is 0.633. The second-order valence-electron chi connectivity index (χ2n) is 4.40. The number of benzene rings is 1. The van der Waals surface area contributed by atoms with E-state index in [1.54, 1.807) is 0 Å². The van der Waals surface area contributed by atoms with E-state index < -0.39 is 0 Å². The fourth-order valence-electron chi connectivity index (χ4n) is 2.13. The summed E-state index contributed by atoms with van der Waals surface area (Å²) in [6.45, 7) is 6.59. The standard InChI is InChI=1S/C14H20N4/c1-3-9-18(10-8-15)14-11(2)16-12-6-4-5-7-13(12)17-14/h4-7H,3,8-10,15H2,1-2H3. The molecule has 0 bridgehead atoms. The highest BCUT2D eigenvalue weighted by Crippen LogP contribution is 2.19. The summed E-state index contributed by atoms with van der Waals surface area (Å²) >= 11 is 0. The van der Waals surface area contributed by atoms with Gasteiger partial charge in [-0.3, -0.25) is 0 Å². The third-order valence-electron chi connectivity index (χ3n) is 2.91. The summed E-state index contributed by atoms with van der Waals surface area (Å²) in [5.74, 6) is 0.959. The molecule has 0 aliphatic rings. The molecule has 0 saturated heterocycles. The van der Waals surface area contributed by atoms with E-state index in [1.165, 1.54) is 0 Å². The SMILES string of the molecule is CCCN(CCN)c1nc2ccccc2nc1C. The third kappa shape index (κ3) is 2.59. The second kappa shape index (κ2) is 5.78. The van der Waals surface area contributed by atoms with E-state index in [1.807, 2.05) is 31.2 Å². The number of rotatable bonds is 5. The lowest BCUT2D eigenvalue weighted by Gasteiger charge is -2.23. The average molecular weight is 244 g/mol. The Morgan fingerprint density at radius 1 is 1.11 bits per heavy atom. The number of nitrogens with two attached hydrogens (primary N) is 1. The summed E-state index contributed by atoms with van der Waals surface area (Å²) < 4.78 is 0. The first kappa shape index (κ1) is 12.8. The Morgan fingerprint density at radius 3 is 2.39 bits per heavy atom. The minimum Gasteiger partial charge on any atom is -0.354 e. The first-order valence-corrected chi connectivity index (χ1v) is 6.44. The van der Waals surface area contributed by atoms with Crippen LogP contribution in [0.4, 0.5) is 5.82 Å². The van der Waals surface area contributed by atoms with Gasteiger partial charge >= 0.3 is 0 Å². The Hall–Kier alpha value is -1.68. The summed E-state index contributed by atoms with van der Waals surface area (Å²) in [7, 11) is 0. The van der Waals surface area contributed by atoms with E-state index in [0.717, 1.165) is 42.1 Å². The van der Waals surface area contributed by atoms with Crippen molar-refractivity contribution in [1.82, 2.24) is 9.97 Å².